The van der Waals surface area contributed by atoms with E-state index in [4.69, 9.17) is 11.6 Å². The van der Waals surface area contributed by atoms with Crippen molar-refractivity contribution in [2.24, 2.45) is 0 Å². The number of nitrogens with zero attached hydrogens (tertiary/aromatic N) is 1. The maximum absolute atomic E-state index is 13.2. The lowest BCUT2D eigenvalue weighted by molar-refractivity contribution is -0.121. The summed E-state index contributed by atoms with van der Waals surface area (Å²) in [6, 6.07) is 13.0. The largest absolute Gasteiger partial charge is 0.353 e. The van der Waals surface area contributed by atoms with Crippen LogP contribution >= 0.6 is 11.6 Å². The summed E-state index contributed by atoms with van der Waals surface area (Å²) in [5.74, 6) is -0.628. The van der Waals surface area contributed by atoms with Crippen molar-refractivity contribution in [1.82, 2.24) is 10.6 Å². The van der Waals surface area contributed by atoms with E-state index in [1.54, 1.807) is 31.2 Å². The monoisotopic (exact) mass is 491 g/mol. The third kappa shape index (κ3) is 6.48. The number of nitrogens with one attached hydrogen (secondary N) is 2. The van der Waals surface area contributed by atoms with E-state index in [0.29, 0.717) is 5.69 Å². The molecule has 1 fully saturated rings. The van der Waals surface area contributed by atoms with E-state index in [1.165, 1.54) is 28.9 Å². The molecule has 0 bridgehead atoms. The second-order valence-electron chi connectivity index (χ2n) is 8.06. The summed E-state index contributed by atoms with van der Waals surface area (Å²) in [4.78, 5) is 24.8. The van der Waals surface area contributed by atoms with Crippen LogP contribution in [-0.2, 0) is 14.8 Å². The predicted molar refractivity (Wildman–Crippen MR) is 130 cm³/mol. The summed E-state index contributed by atoms with van der Waals surface area (Å²) >= 11 is 6.19. The number of amides is 2. The maximum Gasteiger partial charge on any atom is 0.264 e. The average Bonchev–Trinajstić information content (AvgIpc) is 2.81. The van der Waals surface area contributed by atoms with E-state index in [-0.39, 0.29) is 46.9 Å². The molecule has 0 atom stereocenters. The Morgan fingerprint density at radius 1 is 1.06 bits per heavy atom. The lowest BCUT2D eigenvalue weighted by Gasteiger charge is -2.23. The third-order valence-corrected chi connectivity index (χ3v) is 7.94. The molecule has 0 aliphatic heterocycles. The number of rotatable bonds is 9. The zero-order chi connectivity index (χ0) is 23.8. The summed E-state index contributed by atoms with van der Waals surface area (Å²) in [5.41, 5.74) is 0.583. The summed E-state index contributed by atoms with van der Waals surface area (Å²) < 4.78 is 27.8. The molecule has 2 aromatic carbocycles. The highest BCUT2D eigenvalue weighted by molar-refractivity contribution is 7.92. The fourth-order valence-corrected chi connectivity index (χ4v) is 5.69. The standard InChI is InChI=1S/C24H30ClN3O4S/c1-2-28(19-11-7-4-8-12-19)33(31,32)20-13-14-22(25)21(17-20)24(30)26-16-15-23(29)27-18-9-5-3-6-10-18/h4,7-8,11-14,17-18H,2-3,5-6,9-10,15-16H2,1H3,(H,26,30)(H,27,29). The first-order valence-corrected chi connectivity index (χ1v) is 13.1. The number of sulfonamides is 1. The van der Waals surface area contributed by atoms with Crippen LogP contribution in [0.1, 0.15) is 55.8 Å². The molecule has 7 nitrogen and oxygen atoms in total. The van der Waals surface area contributed by atoms with Crippen molar-refractivity contribution in [3.63, 3.8) is 0 Å². The van der Waals surface area contributed by atoms with Crippen molar-refractivity contribution in [3.8, 4) is 0 Å². The fourth-order valence-electron chi connectivity index (χ4n) is 3.98. The van der Waals surface area contributed by atoms with Gasteiger partial charge in [-0.25, -0.2) is 8.42 Å². The summed E-state index contributed by atoms with van der Waals surface area (Å²) in [6.45, 7) is 2.11. The van der Waals surface area contributed by atoms with Crippen LogP contribution in [0.25, 0.3) is 0 Å². The van der Waals surface area contributed by atoms with E-state index in [9.17, 15) is 18.0 Å². The van der Waals surface area contributed by atoms with Gasteiger partial charge in [-0.1, -0.05) is 49.1 Å². The van der Waals surface area contributed by atoms with Crippen LogP contribution in [0.3, 0.4) is 0 Å². The number of carbonyl (C=O) groups is 2. The van der Waals surface area contributed by atoms with Crippen molar-refractivity contribution in [1.29, 1.82) is 0 Å². The molecule has 0 aromatic heterocycles. The van der Waals surface area contributed by atoms with Gasteiger partial charge in [-0.2, -0.15) is 0 Å². The van der Waals surface area contributed by atoms with Crippen molar-refractivity contribution in [2.45, 2.75) is 56.4 Å². The third-order valence-electron chi connectivity index (χ3n) is 5.71. The zero-order valence-electron chi connectivity index (χ0n) is 18.7. The Labute approximate surface area is 200 Å². The van der Waals surface area contributed by atoms with Gasteiger partial charge in [0.1, 0.15) is 0 Å². The number of carbonyl (C=O) groups excluding carboxylic acids is 2. The Morgan fingerprint density at radius 2 is 1.76 bits per heavy atom. The number of hydrogen-bond acceptors (Lipinski definition) is 4. The van der Waals surface area contributed by atoms with Gasteiger partial charge in [-0.3, -0.25) is 13.9 Å². The van der Waals surface area contributed by atoms with Crippen molar-refractivity contribution >= 4 is 39.1 Å². The van der Waals surface area contributed by atoms with Gasteiger partial charge in [-0.05, 0) is 50.1 Å². The van der Waals surface area contributed by atoms with Gasteiger partial charge in [0.15, 0.2) is 0 Å². The molecule has 33 heavy (non-hydrogen) atoms. The smallest absolute Gasteiger partial charge is 0.264 e. The van der Waals surface area contributed by atoms with Gasteiger partial charge in [0.2, 0.25) is 5.91 Å². The minimum Gasteiger partial charge on any atom is -0.353 e. The van der Waals surface area contributed by atoms with Crippen molar-refractivity contribution < 1.29 is 18.0 Å². The first kappa shape index (κ1) is 25.1. The second-order valence-corrected chi connectivity index (χ2v) is 10.3. The maximum atomic E-state index is 13.2. The number of benzene rings is 2. The van der Waals surface area contributed by atoms with Crippen LogP contribution < -0.4 is 14.9 Å². The van der Waals surface area contributed by atoms with Crippen LogP contribution in [0.5, 0.6) is 0 Å². The summed E-state index contributed by atoms with van der Waals surface area (Å²) in [6.07, 6.45) is 5.59. The van der Waals surface area contributed by atoms with Gasteiger partial charge in [0.05, 0.1) is 21.2 Å². The first-order valence-electron chi connectivity index (χ1n) is 11.3. The molecule has 0 spiro atoms. The lowest BCUT2D eigenvalue weighted by Crippen LogP contribution is -2.38. The van der Waals surface area contributed by atoms with Crippen molar-refractivity contribution in [3.05, 3.63) is 59.1 Å². The van der Waals surface area contributed by atoms with Gasteiger partial charge in [0, 0.05) is 25.6 Å². The molecule has 0 radical (unpaired) electrons. The Morgan fingerprint density at radius 3 is 2.42 bits per heavy atom. The molecule has 9 heteroatoms. The molecule has 2 N–H and O–H groups in total. The molecular formula is C24H30ClN3O4S. The van der Waals surface area contributed by atoms with Gasteiger partial charge in [-0.15, -0.1) is 0 Å². The highest BCUT2D eigenvalue weighted by Gasteiger charge is 2.25. The highest BCUT2D eigenvalue weighted by atomic mass is 35.5. The molecule has 3 rings (SSSR count). The van der Waals surface area contributed by atoms with Crippen LogP contribution in [0.15, 0.2) is 53.4 Å². The van der Waals surface area contributed by atoms with Crippen LogP contribution in [0.4, 0.5) is 5.69 Å². The van der Waals surface area contributed by atoms with E-state index >= 15 is 0 Å². The molecule has 1 aliphatic rings. The Kier molecular flexibility index (Phi) is 8.74. The van der Waals surface area contributed by atoms with E-state index < -0.39 is 15.9 Å². The number of hydrogen-bond donors (Lipinski definition) is 2. The van der Waals surface area contributed by atoms with Gasteiger partial charge < -0.3 is 10.6 Å². The molecular weight excluding hydrogens is 462 g/mol. The van der Waals surface area contributed by atoms with Crippen LogP contribution in [-0.4, -0.2) is 39.4 Å². The summed E-state index contributed by atoms with van der Waals surface area (Å²) in [5, 5.41) is 5.81. The minimum atomic E-state index is -3.90. The number of halogens is 1. The van der Waals surface area contributed by atoms with E-state index in [2.05, 4.69) is 10.6 Å². The minimum absolute atomic E-state index is 0.0298. The Balaban J connectivity index is 1.66. The molecule has 1 saturated carbocycles. The Bertz CT molecular complexity index is 1070. The SMILES string of the molecule is CCN(c1ccccc1)S(=O)(=O)c1ccc(Cl)c(C(=O)NCCC(=O)NC2CCCCC2)c1. The quantitative estimate of drug-likeness (QED) is 0.551. The van der Waals surface area contributed by atoms with E-state index in [1.807, 2.05) is 6.07 Å². The zero-order valence-corrected chi connectivity index (χ0v) is 20.3. The molecule has 1 aliphatic carbocycles. The molecule has 0 saturated heterocycles. The normalized spacial score (nSPS) is 14.5. The fraction of sp³-hybridized carbons (Fsp3) is 0.417. The van der Waals surface area contributed by atoms with Crippen LogP contribution in [0, 0.1) is 0 Å². The van der Waals surface area contributed by atoms with Crippen LogP contribution in [0.2, 0.25) is 5.02 Å². The molecule has 0 unspecified atom stereocenters. The predicted octanol–water partition coefficient (Wildman–Crippen LogP) is 4.12. The molecule has 0 heterocycles. The molecule has 178 valence electrons. The topological polar surface area (TPSA) is 95.6 Å². The molecule has 2 aromatic rings. The first-order chi connectivity index (χ1) is 15.8. The molecule has 2 amide bonds. The van der Waals surface area contributed by atoms with E-state index in [0.717, 1.165) is 25.7 Å². The Hall–Kier alpha value is -2.58. The summed E-state index contributed by atoms with van der Waals surface area (Å²) in [7, 11) is -3.90. The van der Waals surface area contributed by atoms with Crippen molar-refractivity contribution in [2.75, 3.05) is 17.4 Å². The van der Waals surface area contributed by atoms with Gasteiger partial charge in [0.25, 0.3) is 15.9 Å². The van der Waals surface area contributed by atoms with Gasteiger partial charge >= 0.3 is 0 Å². The average molecular weight is 492 g/mol. The number of anilines is 1. The second kappa shape index (κ2) is 11.5. The number of para-hydroxylation sites is 1. The lowest BCUT2D eigenvalue weighted by atomic mass is 9.95. The highest BCUT2D eigenvalue weighted by Crippen LogP contribution is 2.26.